The number of ether oxygens (including phenoxy) is 3. The Morgan fingerprint density at radius 2 is 1.85 bits per heavy atom. The van der Waals surface area contributed by atoms with Gasteiger partial charge in [-0.3, -0.25) is 9.79 Å². The van der Waals surface area contributed by atoms with Crippen LogP contribution in [-0.4, -0.2) is 52.9 Å². The fraction of sp³-hybridized carbons (Fsp3) is 0.556. The number of hydrogen-bond donors (Lipinski definition) is 2. The van der Waals surface area contributed by atoms with E-state index in [4.69, 9.17) is 14.2 Å². The smallest absolute Gasteiger partial charge is 0.310 e. The van der Waals surface area contributed by atoms with Gasteiger partial charge in [0.25, 0.3) is 0 Å². The van der Waals surface area contributed by atoms with Crippen molar-refractivity contribution in [2.75, 3.05) is 41.0 Å². The van der Waals surface area contributed by atoms with Gasteiger partial charge in [-0.2, -0.15) is 0 Å². The molecule has 1 atom stereocenters. The summed E-state index contributed by atoms with van der Waals surface area (Å²) in [5.41, 5.74) is 1.13. The van der Waals surface area contributed by atoms with E-state index in [9.17, 15) is 4.79 Å². The molecule has 0 aromatic heterocycles. The number of nitrogens with zero attached hydrogens (tertiary/aromatic N) is 1. The van der Waals surface area contributed by atoms with Gasteiger partial charge in [-0.15, -0.1) is 24.0 Å². The zero-order valence-corrected chi connectivity index (χ0v) is 18.5. The number of methoxy groups -OCH3 is 3. The van der Waals surface area contributed by atoms with Crippen LogP contribution in [0.5, 0.6) is 11.5 Å². The third-order valence-corrected chi connectivity index (χ3v) is 3.63. The van der Waals surface area contributed by atoms with E-state index >= 15 is 0 Å². The third-order valence-electron chi connectivity index (χ3n) is 3.63. The van der Waals surface area contributed by atoms with Crippen molar-refractivity contribution >= 4 is 35.9 Å². The van der Waals surface area contributed by atoms with Crippen molar-refractivity contribution in [2.45, 2.75) is 20.3 Å². The lowest BCUT2D eigenvalue weighted by atomic mass is 10.1. The molecule has 0 aliphatic carbocycles. The topological polar surface area (TPSA) is 81.2 Å². The first-order valence-corrected chi connectivity index (χ1v) is 8.36. The minimum Gasteiger partial charge on any atom is -0.493 e. The zero-order valence-electron chi connectivity index (χ0n) is 16.1. The zero-order chi connectivity index (χ0) is 18.7. The lowest BCUT2D eigenvalue weighted by Gasteiger charge is -2.13. The SMILES string of the molecule is CCNC(=NCC(C)C(=O)OC)NCCc1ccc(OC)c(OC)c1.I. The Morgan fingerprint density at radius 3 is 2.42 bits per heavy atom. The van der Waals surface area contributed by atoms with Crippen LogP contribution in [0.4, 0.5) is 0 Å². The van der Waals surface area contributed by atoms with Crippen molar-refractivity contribution in [1.82, 2.24) is 10.6 Å². The number of hydrogen-bond acceptors (Lipinski definition) is 5. The first-order chi connectivity index (χ1) is 12.0. The maximum Gasteiger partial charge on any atom is 0.310 e. The Morgan fingerprint density at radius 1 is 1.15 bits per heavy atom. The van der Waals surface area contributed by atoms with E-state index in [1.54, 1.807) is 21.1 Å². The molecule has 0 fully saturated rings. The predicted molar refractivity (Wildman–Crippen MR) is 114 cm³/mol. The maximum absolute atomic E-state index is 11.4. The Bertz CT molecular complexity index is 582. The number of halogens is 1. The summed E-state index contributed by atoms with van der Waals surface area (Å²) >= 11 is 0. The van der Waals surface area contributed by atoms with Gasteiger partial charge in [0.15, 0.2) is 17.5 Å². The highest BCUT2D eigenvalue weighted by Crippen LogP contribution is 2.27. The number of nitrogens with one attached hydrogen (secondary N) is 2. The lowest BCUT2D eigenvalue weighted by molar-refractivity contribution is -0.144. The molecule has 0 saturated heterocycles. The summed E-state index contributed by atoms with van der Waals surface area (Å²) in [5.74, 6) is 1.58. The van der Waals surface area contributed by atoms with Crippen molar-refractivity contribution < 1.29 is 19.0 Å². The molecule has 8 heteroatoms. The molecule has 2 N–H and O–H groups in total. The second kappa shape index (κ2) is 13.5. The highest BCUT2D eigenvalue weighted by atomic mass is 127. The first-order valence-electron chi connectivity index (χ1n) is 8.36. The summed E-state index contributed by atoms with van der Waals surface area (Å²) in [4.78, 5) is 15.9. The highest BCUT2D eigenvalue weighted by Gasteiger charge is 2.12. The summed E-state index contributed by atoms with van der Waals surface area (Å²) in [6.45, 7) is 5.61. The van der Waals surface area contributed by atoms with E-state index in [2.05, 4.69) is 15.6 Å². The van der Waals surface area contributed by atoms with Crippen LogP contribution in [0.2, 0.25) is 0 Å². The van der Waals surface area contributed by atoms with Gasteiger partial charge in [-0.05, 0) is 31.0 Å². The Labute approximate surface area is 172 Å². The maximum atomic E-state index is 11.4. The molecule has 0 aliphatic heterocycles. The van der Waals surface area contributed by atoms with Crippen molar-refractivity contribution in [3.63, 3.8) is 0 Å². The molecule has 0 heterocycles. The van der Waals surface area contributed by atoms with E-state index in [1.165, 1.54) is 7.11 Å². The molecule has 148 valence electrons. The molecule has 26 heavy (non-hydrogen) atoms. The Hall–Kier alpha value is -1.71. The van der Waals surface area contributed by atoms with Crippen LogP contribution in [0, 0.1) is 5.92 Å². The van der Waals surface area contributed by atoms with E-state index in [-0.39, 0.29) is 35.9 Å². The quantitative estimate of drug-likeness (QED) is 0.245. The number of esters is 1. The Kier molecular flexibility index (Phi) is 12.6. The third kappa shape index (κ3) is 8.11. The molecule has 0 aliphatic rings. The van der Waals surface area contributed by atoms with Crippen LogP contribution >= 0.6 is 24.0 Å². The molecule has 0 spiro atoms. The van der Waals surface area contributed by atoms with Crippen molar-refractivity contribution in [3.05, 3.63) is 23.8 Å². The average molecular weight is 479 g/mol. The van der Waals surface area contributed by atoms with Gasteiger partial charge in [0.2, 0.25) is 0 Å². The lowest BCUT2D eigenvalue weighted by Crippen LogP contribution is -2.38. The fourth-order valence-electron chi connectivity index (χ4n) is 2.21. The molecule has 0 amide bonds. The first kappa shape index (κ1) is 24.3. The number of rotatable bonds is 9. The van der Waals surface area contributed by atoms with Crippen LogP contribution in [-0.2, 0) is 16.0 Å². The molecule has 0 radical (unpaired) electrons. The molecule has 0 bridgehead atoms. The minimum absolute atomic E-state index is 0. The molecular weight excluding hydrogens is 449 g/mol. The Balaban J connectivity index is 0.00000625. The average Bonchev–Trinajstić information content (AvgIpc) is 2.64. The van der Waals surface area contributed by atoms with Crippen LogP contribution in [0.15, 0.2) is 23.2 Å². The summed E-state index contributed by atoms with van der Waals surface area (Å²) < 4.78 is 15.3. The summed E-state index contributed by atoms with van der Waals surface area (Å²) in [6.07, 6.45) is 0.803. The number of guanidine groups is 1. The van der Waals surface area contributed by atoms with E-state index < -0.39 is 0 Å². The fourth-order valence-corrected chi connectivity index (χ4v) is 2.21. The van der Waals surface area contributed by atoms with E-state index in [0.29, 0.717) is 30.5 Å². The molecule has 1 aromatic carbocycles. The minimum atomic E-state index is -0.272. The van der Waals surface area contributed by atoms with Crippen LogP contribution in [0.3, 0.4) is 0 Å². The second-order valence-corrected chi connectivity index (χ2v) is 5.51. The molecular formula is C18H30IN3O4. The number of aliphatic imine (C=N–C) groups is 1. The van der Waals surface area contributed by atoms with Crippen LogP contribution in [0.1, 0.15) is 19.4 Å². The number of carbonyl (C=O) groups excluding carboxylic acids is 1. The normalized spacial score (nSPS) is 11.8. The van der Waals surface area contributed by atoms with Crippen molar-refractivity contribution in [2.24, 2.45) is 10.9 Å². The van der Waals surface area contributed by atoms with Gasteiger partial charge in [0.1, 0.15) is 0 Å². The van der Waals surface area contributed by atoms with E-state index in [1.807, 2.05) is 25.1 Å². The van der Waals surface area contributed by atoms with Gasteiger partial charge >= 0.3 is 5.97 Å². The van der Waals surface area contributed by atoms with Gasteiger partial charge < -0.3 is 24.8 Å². The van der Waals surface area contributed by atoms with E-state index in [0.717, 1.165) is 18.5 Å². The standard InChI is InChI=1S/C18H29N3O4.HI/c1-6-19-18(21-12-13(2)17(22)25-5)20-10-9-14-7-8-15(23-3)16(11-14)24-4;/h7-8,11,13H,6,9-10,12H2,1-5H3,(H2,19,20,21);1H. The molecule has 1 aromatic rings. The van der Waals surface area contributed by atoms with Gasteiger partial charge in [0, 0.05) is 13.1 Å². The highest BCUT2D eigenvalue weighted by molar-refractivity contribution is 14.0. The second-order valence-electron chi connectivity index (χ2n) is 5.51. The largest absolute Gasteiger partial charge is 0.493 e. The van der Waals surface area contributed by atoms with Crippen LogP contribution < -0.4 is 20.1 Å². The summed E-state index contributed by atoms with van der Waals surface area (Å²) in [5, 5.41) is 6.43. The van der Waals surface area contributed by atoms with Crippen molar-refractivity contribution in [3.8, 4) is 11.5 Å². The molecule has 1 rings (SSSR count). The summed E-state index contributed by atoms with van der Waals surface area (Å²) in [6, 6.07) is 5.86. The van der Waals surface area contributed by atoms with Crippen LogP contribution in [0.25, 0.3) is 0 Å². The molecule has 0 saturated carbocycles. The number of carbonyl (C=O) groups is 1. The van der Waals surface area contributed by atoms with Crippen molar-refractivity contribution in [1.29, 1.82) is 0 Å². The number of benzene rings is 1. The molecule has 7 nitrogen and oxygen atoms in total. The monoisotopic (exact) mass is 479 g/mol. The predicted octanol–water partition coefficient (Wildman–Crippen LogP) is 2.23. The van der Waals surface area contributed by atoms with Gasteiger partial charge in [0.05, 0.1) is 33.8 Å². The molecule has 1 unspecified atom stereocenters. The van der Waals surface area contributed by atoms with Gasteiger partial charge in [-0.1, -0.05) is 13.0 Å². The van der Waals surface area contributed by atoms with Gasteiger partial charge in [-0.25, -0.2) is 0 Å². The summed E-state index contributed by atoms with van der Waals surface area (Å²) in [7, 11) is 4.63.